The third-order valence-corrected chi connectivity index (χ3v) is 13.1. The second-order valence-electron chi connectivity index (χ2n) is 16.6. The molecule has 0 aliphatic carbocycles. The highest BCUT2D eigenvalue weighted by Gasteiger charge is 2.41. The topological polar surface area (TPSA) is 126 Å². The molecule has 1 aromatic heterocycles. The van der Waals surface area contributed by atoms with Gasteiger partial charge >= 0.3 is 0 Å². The summed E-state index contributed by atoms with van der Waals surface area (Å²) in [6.45, 7) is 12.2. The van der Waals surface area contributed by atoms with Crippen molar-refractivity contribution < 1.29 is 33.0 Å². The number of hydrogen-bond acceptors (Lipinski definition) is 10. The predicted octanol–water partition coefficient (Wildman–Crippen LogP) is 6.62. The van der Waals surface area contributed by atoms with Crippen molar-refractivity contribution in [2.24, 2.45) is 0 Å². The molecular formula is C47H59FN6O6S. The van der Waals surface area contributed by atoms with Gasteiger partial charge in [0.2, 0.25) is 5.91 Å². The molecule has 2 saturated heterocycles. The first-order chi connectivity index (χ1) is 29.6. The number of carbonyl (C=O) groups is 3. The van der Waals surface area contributed by atoms with Gasteiger partial charge < -0.3 is 34.6 Å². The Morgan fingerprint density at radius 1 is 0.967 bits per heavy atom. The van der Waals surface area contributed by atoms with Crippen LogP contribution in [-0.4, -0.2) is 115 Å². The summed E-state index contributed by atoms with van der Waals surface area (Å²) in [4.78, 5) is 49.3. The summed E-state index contributed by atoms with van der Waals surface area (Å²) < 4.78 is 33.8. The number of piperidine rings is 1. The molecule has 2 fully saturated rings. The van der Waals surface area contributed by atoms with Crippen LogP contribution in [0.2, 0.25) is 0 Å². The van der Waals surface area contributed by atoms with E-state index in [1.807, 2.05) is 82.8 Å². The van der Waals surface area contributed by atoms with Gasteiger partial charge in [-0.05, 0) is 61.9 Å². The molecule has 7 rings (SSSR count). The fourth-order valence-corrected chi connectivity index (χ4v) is 9.21. The summed E-state index contributed by atoms with van der Waals surface area (Å²) in [5, 5.41) is 9.16. The molecule has 1 atom stereocenters. The molecule has 3 aliphatic rings. The zero-order valence-corrected chi connectivity index (χ0v) is 36.4. The highest BCUT2D eigenvalue weighted by Crippen LogP contribution is 2.33. The lowest BCUT2D eigenvalue weighted by molar-refractivity contribution is -0.134. The fourth-order valence-electron chi connectivity index (χ4n) is 8.40. The fraction of sp³-hybridized carbons (Fsp3) is 0.489. The maximum atomic E-state index is 15.8. The van der Waals surface area contributed by atoms with Gasteiger partial charge in [0.15, 0.2) is 6.61 Å². The number of nitrogens with zero attached hydrogens (tertiary/aromatic N) is 4. The Morgan fingerprint density at radius 3 is 2.52 bits per heavy atom. The third kappa shape index (κ3) is 11.4. The van der Waals surface area contributed by atoms with Crippen LogP contribution in [0.4, 0.5) is 10.1 Å². The molecule has 2 N–H and O–H groups in total. The molecule has 4 aromatic rings. The zero-order chi connectivity index (χ0) is 42.8. The predicted molar refractivity (Wildman–Crippen MR) is 235 cm³/mol. The molecule has 12 nitrogen and oxygen atoms in total. The van der Waals surface area contributed by atoms with E-state index in [0.29, 0.717) is 93.6 Å². The molecule has 0 radical (unpaired) electrons. The summed E-state index contributed by atoms with van der Waals surface area (Å²) in [5.41, 5.74) is 4.14. The van der Waals surface area contributed by atoms with Gasteiger partial charge in [0.1, 0.15) is 17.3 Å². The van der Waals surface area contributed by atoms with Crippen molar-refractivity contribution in [3.05, 3.63) is 111 Å². The van der Waals surface area contributed by atoms with E-state index in [4.69, 9.17) is 14.2 Å². The molecule has 61 heavy (non-hydrogen) atoms. The Kier molecular flexibility index (Phi) is 15.2. The summed E-state index contributed by atoms with van der Waals surface area (Å²) in [6, 6.07) is 21.2. The number of para-hydroxylation sites is 1. The largest absolute Gasteiger partial charge is 0.481 e. The van der Waals surface area contributed by atoms with Crippen LogP contribution in [0.25, 0.3) is 0 Å². The summed E-state index contributed by atoms with van der Waals surface area (Å²) in [6.07, 6.45) is 2.87. The number of likely N-dealkylation sites (tertiary alicyclic amines) is 1. The Morgan fingerprint density at radius 2 is 1.74 bits per heavy atom. The molecule has 326 valence electrons. The number of ether oxygens (including phenoxy) is 3. The minimum absolute atomic E-state index is 0.00598. The van der Waals surface area contributed by atoms with E-state index in [1.54, 1.807) is 6.07 Å². The first-order valence-electron chi connectivity index (χ1n) is 21.6. The number of amides is 3. The van der Waals surface area contributed by atoms with Crippen molar-refractivity contribution in [1.82, 2.24) is 25.0 Å². The number of aromatic nitrogens is 1. The van der Waals surface area contributed by atoms with Crippen molar-refractivity contribution in [2.45, 2.75) is 77.0 Å². The van der Waals surface area contributed by atoms with Crippen LogP contribution >= 0.6 is 11.3 Å². The van der Waals surface area contributed by atoms with Crippen molar-refractivity contribution >= 4 is 34.7 Å². The number of anilines is 1. The second-order valence-corrected chi connectivity index (χ2v) is 17.5. The maximum absolute atomic E-state index is 15.8. The molecule has 1 unspecified atom stereocenters. The number of nitrogens with one attached hydrogen (secondary N) is 2. The number of benzene rings is 3. The highest BCUT2D eigenvalue weighted by molar-refractivity contribution is 7.09. The second kappa shape index (κ2) is 20.9. The lowest BCUT2D eigenvalue weighted by Gasteiger charge is -2.47. The van der Waals surface area contributed by atoms with Crippen LogP contribution in [0.3, 0.4) is 0 Å². The Hall–Kier alpha value is -4.73. The monoisotopic (exact) mass is 854 g/mol. The standard InChI is InChI=1S/C47H59FN6O6S/c1-33(2)45-51-40(31-61-45)46(57)53-25-28-60-47(32-53)18-22-52(23-19-47)29-38-13-7-11-36(43(38)48)16-26-58-27-17-42(56)54(34(3)35-9-5-4-6-10-35)24-21-49-20-15-37-12-8-14-39-44(37)59-30-41(55)50-39/h4-14,31,33-34,49H,15-30,32H2,1-3H3,(H,50,55). The SMILES string of the molecule is CC(C)c1nc(C(=O)N2CCOC3(CCN(Cc4cccc(CCOCCC(=O)N(CCNCCc5cccc6c5OCC(=O)N6)C(C)c5ccccc5)c4F)CC3)C2)cs1. The molecule has 0 bridgehead atoms. The number of fused-ring (bicyclic) bond motifs is 1. The molecule has 3 aliphatic heterocycles. The van der Waals surface area contributed by atoms with Crippen LogP contribution in [-0.2, 0) is 38.4 Å². The normalized spacial score (nSPS) is 16.9. The molecule has 14 heteroatoms. The first kappa shape index (κ1) is 44.3. The van der Waals surface area contributed by atoms with Gasteiger partial charge in [-0.2, -0.15) is 0 Å². The summed E-state index contributed by atoms with van der Waals surface area (Å²) in [7, 11) is 0. The molecular weight excluding hydrogens is 796 g/mol. The van der Waals surface area contributed by atoms with Crippen molar-refractivity contribution in [3.63, 3.8) is 0 Å². The van der Waals surface area contributed by atoms with Gasteiger partial charge in [0, 0.05) is 56.1 Å². The van der Waals surface area contributed by atoms with Crippen LogP contribution in [0.15, 0.2) is 72.1 Å². The minimum atomic E-state index is -0.393. The minimum Gasteiger partial charge on any atom is -0.481 e. The maximum Gasteiger partial charge on any atom is 0.273 e. The Balaban J connectivity index is 0.846. The number of halogens is 1. The van der Waals surface area contributed by atoms with Crippen molar-refractivity contribution in [2.75, 3.05) is 77.6 Å². The van der Waals surface area contributed by atoms with Crippen LogP contribution in [0.5, 0.6) is 5.75 Å². The van der Waals surface area contributed by atoms with Gasteiger partial charge in [-0.15, -0.1) is 11.3 Å². The van der Waals surface area contributed by atoms with E-state index in [2.05, 4.69) is 34.4 Å². The van der Waals surface area contributed by atoms with Crippen molar-refractivity contribution in [3.8, 4) is 5.75 Å². The van der Waals surface area contributed by atoms with Crippen LogP contribution in [0.1, 0.15) is 89.7 Å². The molecule has 3 aromatic carbocycles. The van der Waals surface area contributed by atoms with Crippen molar-refractivity contribution in [1.29, 1.82) is 0 Å². The van der Waals surface area contributed by atoms with E-state index < -0.39 is 5.60 Å². The highest BCUT2D eigenvalue weighted by atomic mass is 32.1. The average molecular weight is 855 g/mol. The number of carbonyl (C=O) groups excluding carboxylic acids is 3. The number of thiazole rings is 1. The molecule has 1 spiro atoms. The average Bonchev–Trinajstić information content (AvgIpc) is 3.78. The first-order valence-corrected chi connectivity index (χ1v) is 22.5. The lowest BCUT2D eigenvalue weighted by atomic mass is 9.89. The summed E-state index contributed by atoms with van der Waals surface area (Å²) in [5.74, 6) is 0.598. The van der Waals surface area contributed by atoms with E-state index in [9.17, 15) is 14.4 Å². The Bertz CT molecular complexity index is 2110. The molecule has 4 heterocycles. The van der Waals surface area contributed by atoms with Gasteiger partial charge in [-0.25, -0.2) is 9.37 Å². The van der Waals surface area contributed by atoms with E-state index in [0.717, 1.165) is 42.1 Å². The molecule has 0 saturated carbocycles. The van der Waals surface area contributed by atoms with Crippen LogP contribution in [0, 0.1) is 5.82 Å². The lowest BCUT2D eigenvalue weighted by Crippen LogP contribution is -2.58. The zero-order valence-electron chi connectivity index (χ0n) is 35.6. The van der Waals surface area contributed by atoms with E-state index >= 15 is 4.39 Å². The van der Waals surface area contributed by atoms with E-state index in [1.165, 1.54) is 11.3 Å². The third-order valence-electron chi connectivity index (χ3n) is 12.0. The van der Waals surface area contributed by atoms with Gasteiger partial charge in [0.25, 0.3) is 11.8 Å². The van der Waals surface area contributed by atoms with Crippen LogP contribution < -0.4 is 15.4 Å². The van der Waals surface area contributed by atoms with E-state index in [-0.39, 0.29) is 55.1 Å². The number of morpholine rings is 1. The summed E-state index contributed by atoms with van der Waals surface area (Å²) >= 11 is 1.53. The van der Waals surface area contributed by atoms with Gasteiger partial charge in [-0.1, -0.05) is 74.5 Å². The Labute approximate surface area is 362 Å². The van der Waals surface area contributed by atoms with Gasteiger partial charge in [-0.3, -0.25) is 19.3 Å². The quantitative estimate of drug-likeness (QED) is 0.106. The molecule has 3 amide bonds. The smallest absolute Gasteiger partial charge is 0.273 e. The number of hydrogen-bond donors (Lipinski definition) is 2. The van der Waals surface area contributed by atoms with Gasteiger partial charge in [0.05, 0.1) is 55.1 Å². The number of rotatable bonds is 18.